The maximum atomic E-state index is 11.3. The van der Waals surface area contributed by atoms with Crippen molar-refractivity contribution in [3.05, 3.63) is 40.9 Å². The third-order valence-electron chi connectivity index (χ3n) is 2.45. The molecule has 3 nitrogen and oxygen atoms in total. The van der Waals surface area contributed by atoms with Crippen molar-refractivity contribution in [1.82, 2.24) is 0 Å². The van der Waals surface area contributed by atoms with Crippen LogP contribution in [0.1, 0.15) is 6.92 Å². The molecule has 0 fully saturated rings. The summed E-state index contributed by atoms with van der Waals surface area (Å²) in [4.78, 5) is 11.3. The van der Waals surface area contributed by atoms with Gasteiger partial charge in [0.1, 0.15) is 5.75 Å². The lowest BCUT2D eigenvalue weighted by molar-refractivity contribution is -0.145. The first-order valence-electron chi connectivity index (χ1n) is 5.67. The van der Waals surface area contributed by atoms with E-state index in [4.69, 9.17) is 9.47 Å². The molecule has 0 aliphatic rings. The molecule has 0 amide bonds. The fraction of sp³-hybridized carbons (Fsp3) is 0.214. The Labute approximate surface area is 114 Å². The molecule has 2 aromatic carbocycles. The highest BCUT2D eigenvalue weighted by atomic mass is 79.9. The average molecular weight is 309 g/mol. The van der Waals surface area contributed by atoms with Gasteiger partial charge in [-0.05, 0) is 36.6 Å². The summed E-state index contributed by atoms with van der Waals surface area (Å²) < 4.78 is 11.3. The number of fused-ring (bicyclic) bond motifs is 1. The summed E-state index contributed by atoms with van der Waals surface area (Å²) in [6.45, 7) is 2.07. The molecule has 0 bridgehead atoms. The molecular weight excluding hydrogens is 296 g/mol. The zero-order valence-corrected chi connectivity index (χ0v) is 11.6. The summed E-state index contributed by atoms with van der Waals surface area (Å²) in [6.07, 6.45) is 0. The van der Waals surface area contributed by atoms with E-state index in [1.54, 1.807) is 6.92 Å². The highest BCUT2D eigenvalue weighted by Gasteiger charge is 2.06. The number of carbonyl (C=O) groups excluding carboxylic acids is 1. The summed E-state index contributed by atoms with van der Waals surface area (Å²) in [6, 6.07) is 11.6. The molecule has 0 radical (unpaired) electrons. The maximum Gasteiger partial charge on any atom is 0.344 e. The molecule has 94 valence electrons. The van der Waals surface area contributed by atoms with Crippen LogP contribution in [-0.4, -0.2) is 19.2 Å². The van der Waals surface area contributed by atoms with Crippen LogP contribution in [0.15, 0.2) is 40.9 Å². The van der Waals surface area contributed by atoms with Crippen LogP contribution in [0.3, 0.4) is 0 Å². The van der Waals surface area contributed by atoms with Crippen LogP contribution in [0.2, 0.25) is 0 Å². The van der Waals surface area contributed by atoms with Crippen molar-refractivity contribution < 1.29 is 14.3 Å². The van der Waals surface area contributed by atoms with Crippen molar-refractivity contribution in [2.45, 2.75) is 6.92 Å². The van der Waals surface area contributed by atoms with E-state index in [9.17, 15) is 4.79 Å². The topological polar surface area (TPSA) is 35.5 Å². The average Bonchev–Trinajstić information content (AvgIpc) is 2.36. The maximum absolute atomic E-state index is 11.3. The number of carbonyl (C=O) groups is 1. The first-order chi connectivity index (χ1) is 8.70. The first kappa shape index (κ1) is 12.9. The Hall–Kier alpha value is -1.55. The van der Waals surface area contributed by atoms with Gasteiger partial charge in [0.15, 0.2) is 6.61 Å². The van der Waals surface area contributed by atoms with Gasteiger partial charge in [-0.3, -0.25) is 0 Å². The zero-order valence-electron chi connectivity index (χ0n) is 9.98. The molecule has 0 saturated carbocycles. The monoisotopic (exact) mass is 308 g/mol. The summed E-state index contributed by atoms with van der Waals surface area (Å²) in [5.74, 6) is 0.333. The minimum atomic E-state index is -0.355. The van der Waals surface area contributed by atoms with Gasteiger partial charge in [-0.2, -0.15) is 0 Å². The number of benzene rings is 2. The Morgan fingerprint density at radius 2 is 2.11 bits per heavy atom. The van der Waals surface area contributed by atoms with Gasteiger partial charge in [-0.1, -0.05) is 28.1 Å². The molecule has 0 atom stereocenters. The SMILES string of the molecule is CCOC(=O)COc1cccc2cc(Br)ccc12. The van der Waals surface area contributed by atoms with Gasteiger partial charge in [0.2, 0.25) is 0 Å². The number of halogens is 1. The van der Waals surface area contributed by atoms with Crippen LogP contribution < -0.4 is 4.74 Å². The fourth-order valence-corrected chi connectivity index (χ4v) is 2.07. The van der Waals surface area contributed by atoms with Crippen molar-refractivity contribution >= 4 is 32.7 Å². The van der Waals surface area contributed by atoms with E-state index in [-0.39, 0.29) is 12.6 Å². The normalized spacial score (nSPS) is 10.3. The summed E-state index contributed by atoms with van der Waals surface area (Å²) in [7, 11) is 0. The van der Waals surface area contributed by atoms with Gasteiger partial charge in [0.05, 0.1) is 6.61 Å². The van der Waals surface area contributed by atoms with Gasteiger partial charge in [0, 0.05) is 9.86 Å². The van der Waals surface area contributed by atoms with Crippen LogP contribution in [0.5, 0.6) is 5.75 Å². The molecule has 0 saturated heterocycles. The highest BCUT2D eigenvalue weighted by molar-refractivity contribution is 9.10. The minimum absolute atomic E-state index is 0.0665. The van der Waals surface area contributed by atoms with Crippen LogP contribution in [-0.2, 0) is 9.53 Å². The zero-order chi connectivity index (χ0) is 13.0. The molecule has 2 rings (SSSR count). The molecule has 0 N–H and O–H groups in total. The number of ether oxygens (including phenoxy) is 2. The second-order valence-corrected chi connectivity index (χ2v) is 4.63. The predicted octanol–water partition coefficient (Wildman–Crippen LogP) is 3.54. The Kier molecular flexibility index (Phi) is 4.20. The van der Waals surface area contributed by atoms with Gasteiger partial charge in [-0.15, -0.1) is 0 Å². The quantitative estimate of drug-likeness (QED) is 0.810. The number of hydrogen-bond acceptors (Lipinski definition) is 3. The van der Waals surface area contributed by atoms with Gasteiger partial charge in [0.25, 0.3) is 0 Å². The number of hydrogen-bond donors (Lipinski definition) is 0. The van der Waals surface area contributed by atoms with E-state index in [1.807, 2.05) is 36.4 Å². The second-order valence-electron chi connectivity index (χ2n) is 3.72. The second kappa shape index (κ2) is 5.87. The smallest absolute Gasteiger partial charge is 0.344 e. The van der Waals surface area contributed by atoms with Crippen LogP contribution in [0.4, 0.5) is 0 Å². The Morgan fingerprint density at radius 1 is 1.28 bits per heavy atom. The lowest BCUT2D eigenvalue weighted by atomic mass is 10.1. The molecule has 0 heterocycles. The largest absolute Gasteiger partial charge is 0.481 e. The van der Waals surface area contributed by atoms with Crippen LogP contribution in [0.25, 0.3) is 10.8 Å². The molecule has 0 aliphatic carbocycles. The van der Waals surface area contributed by atoms with Gasteiger partial charge >= 0.3 is 5.97 Å². The molecule has 0 unspecified atom stereocenters. The summed E-state index contributed by atoms with van der Waals surface area (Å²) >= 11 is 3.42. The third kappa shape index (κ3) is 3.01. The fourth-order valence-electron chi connectivity index (χ4n) is 1.69. The number of esters is 1. The first-order valence-corrected chi connectivity index (χ1v) is 6.46. The van der Waals surface area contributed by atoms with Crippen molar-refractivity contribution in [2.75, 3.05) is 13.2 Å². The number of rotatable bonds is 4. The molecule has 0 aliphatic heterocycles. The third-order valence-corrected chi connectivity index (χ3v) is 2.95. The van der Waals surface area contributed by atoms with Gasteiger partial charge in [-0.25, -0.2) is 4.79 Å². The Balaban J connectivity index is 2.20. The van der Waals surface area contributed by atoms with Gasteiger partial charge < -0.3 is 9.47 Å². The van der Waals surface area contributed by atoms with E-state index >= 15 is 0 Å². The van der Waals surface area contributed by atoms with E-state index in [2.05, 4.69) is 15.9 Å². The van der Waals surface area contributed by atoms with Crippen molar-refractivity contribution in [3.8, 4) is 5.75 Å². The van der Waals surface area contributed by atoms with E-state index in [0.29, 0.717) is 12.4 Å². The Morgan fingerprint density at radius 3 is 2.89 bits per heavy atom. The summed E-state index contributed by atoms with van der Waals surface area (Å²) in [5, 5.41) is 2.04. The lowest BCUT2D eigenvalue weighted by Gasteiger charge is -2.09. The molecule has 2 aromatic rings. The molecule has 0 spiro atoms. The molecule has 0 aromatic heterocycles. The molecular formula is C14H13BrO3. The minimum Gasteiger partial charge on any atom is -0.481 e. The van der Waals surface area contributed by atoms with Crippen LogP contribution in [0, 0.1) is 0 Å². The summed E-state index contributed by atoms with van der Waals surface area (Å²) in [5.41, 5.74) is 0. The van der Waals surface area contributed by atoms with Crippen LogP contribution >= 0.6 is 15.9 Å². The van der Waals surface area contributed by atoms with E-state index < -0.39 is 0 Å². The lowest BCUT2D eigenvalue weighted by Crippen LogP contribution is -2.14. The van der Waals surface area contributed by atoms with Crippen molar-refractivity contribution in [3.63, 3.8) is 0 Å². The standard InChI is InChI=1S/C14H13BrO3/c1-2-17-14(16)9-18-13-5-3-4-10-8-11(15)6-7-12(10)13/h3-8H,2,9H2,1H3. The molecule has 18 heavy (non-hydrogen) atoms. The van der Waals surface area contributed by atoms with Crippen molar-refractivity contribution in [2.24, 2.45) is 0 Å². The van der Waals surface area contributed by atoms with E-state index in [0.717, 1.165) is 15.2 Å². The highest BCUT2D eigenvalue weighted by Crippen LogP contribution is 2.27. The Bertz CT molecular complexity index is 566. The predicted molar refractivity (Wildman–Crippen MR) is 73.8 cm³/mol. The molecule has 4 heteroatoms. The van der Waals surface area contributed by atoms with Crippen molar-refractivity contribution in [1.29, 1.82) is 0 Å². The van der Waals surface area contributed by atoms with E-state index in [1.165, 1.54) is 0 Å².